The molecule has 0 unspecified atom stereocenters. The number of carbonyl (C=O) groups is 1. The lowest BCUT2D eigenvalue weighted by Gasteiger charge is -1.99. The smallest absolute Gasteiger partial charge is 0.346 e. The van der Waals surface area contributed by atoms with Gasteiger partial charge in [-0.25, -0.2) is 4.79 Å². The zero-order valence-electron chi connectivity index (χ0n) is 10.8. The van der Waals surface area contributed by atoms with Gasteiger partial charge in [-0.3, -0.25) is 4.79 Å². The Labute approximate surface area is 121 Å². The van der Waals surface area contributed by atoms with Gasteiger partial charge in [0, 0.05) is 18.4 Å². The van der Waals surface area contributed by atoms with E-state index in [1.54, 1.807) is 12.1 Å². The first-order chi connectivity index (χ1) is 10.0. The van der Waals surface area contributed by atoms with Crippen molar-refractivity contribution in [2.45, 2.75) is 6.92 Å². The van der Waals surface area contributed by atoms with Crippen LogP contribution in [-0.4, -0.2) is 21.2 Å². The third-order valence-electron chi connectivity index (χ3n) is 2.66. The van der Waals surface area contributed by atoms with E-state index in [0.29, 0.717) is 15.5 Å². The fraction of sp³-hybridized carbons (Fsp3) is 0.0769. The molecule has 0 radical (unpaired) electrons. The average Bonchev–Trinajstić information content (AvgIpc) is 2.85. The minimum absolute atomic E-state index is 0.0160. The number of phenolic OH excluding ortho intramolecular Hbond substituents is 1. The van der Waals surface area contributed by atoms with Gasteiger partial charge in [0.15, 0.2) is 5.01 Å². The summed E-state index contributed by atoms with van der Waals surface area (Å²) in [6.45, 7) is 1.36. The molecular formula is C13H9N3O4S. The number of fused-ring (bicyclic) bond motifs is 1. The first-order valence-electron chi connectivity index (χ1n) is 5.91. The molecule has 0 fully saturated rings. The minimum Gasteiger partial charge on any atom is -0.508 e. The van der Waals surface area contributed by atoms with E-state index < -0.39 is 5.63 Å². The van der Waals surface area contributed by atoms with Crippen molar-refractivity contribution in [1.29, 1.82) is 0 Å². The van der Waals surface area contributed by atoms with Crippen LogP contribution in [0.25, 0.3) is 21.5 Å². The van der Waals surface area contributed by atoms with E-state index in [1.807, 2.05) is 0 Å². The molecule has 0 bridgehead atoms. The highest BCUT2D eigenvalue weighted by Crippen LogP contribution is 2.27. The van der Waals surface area contributed by atoms with E-state index in [-0.39, 0.29) is 22.8 Å². The number of aromatic nitrogens is 2. The first-order valence-corrected chi connectivity index (χ1v) is 6.73. The summed E-state index contributed by atoms with van der Waals surface area (Å²) in [7, 11) is 0. The van der Waals surface area contributed by atoms with Crippen molar-refractivity contribution in [3.63, 3.8) is 0 Å². The topological polar surface area (TPSA) is 105 Å². The number of carbonyl (C=O) groups excluding carboxylic acids is 1. The molecule has 1 amide bonds. The number of nitrogens with zero attached hydrogens (tertiary/aromatic N) is 2. The van der Waals surface area contributed by atoms with Gasteiger partial charge >= 0.3 is 5.63 Å². The maximum absolute atomic E-state index is 12.0. The molecule has 2 aromatic heterocycles. The molecule has 3 aromatic rings. The van der Waals surface area contributed by atoms with Crippen LogP contribution in [-0.2, 0) is 4.79 Å². The van der Waals surface area contributed by atoms with Gasteiger partial charge in [-0.05, 0) is 18.2 Å². The lowest BCUT2D eigenvalue weighted by molar-refractivity contribution is -0.114. The van der Waals surface area contributed by atoms with E-state index in [9.17, 15) is 14.7 Å². The molecule has 0 aliphatic carbocycles. The number of phenols is 1. The summed E-state index contributed by atoms with van der Waals surface area (Å²) in [6, 6.07) is 6.10. The Balaban J connectivity index is 2.09. The van der Waals surface area contributed by atoms with Gasteiger partial charge in [0.05, 0.1) is 5.56 Å². The van der Waals surface area contributed by atoms with Crippen molar-refractivity contribution < 1.29 is 14.3 Å². The predicted molar refractivity (Wildman–Crippen MR) is 77.4 cm³/mol. The largest absolute Gasteiger partial charge is 0.508 e. The number of rotatable bonds is 2. The monoisotopic (exact) mass is 303 g/mol. The summed E-state index contributed by atoms with van der Waals surface area (Å²) in [5, 5.41) is 20.8. The van der Waals surface area contributed by atoms with E-state index >= 15 is 0 Å². The first kappa shape index (κ1) is 13.3. The van der Waals surface area contributed by atoms with Crippen molar-refractivity contribution in [1.82, 2.24) is 10.2 Å². The second-order valence-corrected chi connectivity index (χ2v) is 5.24. The molecular weight excluding hydrogens is 294 g/mol. The van der Waals surface area contributed by atoms with Crippen LogP contribution in [0.5, 0.6) is 5.75 Å². The SMILES string of the molecule is CC(=O)Nc1nnc(-c2cc3ccc(O)cc3oc2=O)s1. The van der Waals surface area contributed by atoms with Gasteiger partial charge in [0.1, 0.15) is 11.3 Å². The van der Waals surface area contributed by atoms with Crippen LogP contribution in [0.4, 0.5) is 5.13 Å². The summed E-state index contributed by atoms with van der Waals surface area (Å²) in [5.74, 6) is -0.249. The Bertz CT molecular complexity index is 900. The Kier molecular flexibility index (Phi) is 3.15. The highest BCUT2D eigenvalue weighted by Gasteiger charge is 2.14. The fourth-order valence-electron chi connectivity index (χ4n) is 1.78. The second kappa shape index (κ2) is 4.98. The normalized spacial score (nSPS) is 10.7. The second-order valence-electron chi connectivity index (χ2n) is 4.26. The maximum Gasteiger partial charge on any atom is 0.346 e. The maximum atomic E-state index is 12.0. The van der Waals surface area contributed by atoms with Gasteiger partial charge in [-0.2, -0.15) is 0 Å². The Morgan fingerprint density at radius 2 is 2.14 bits per heavy atom. The van der Waals surface area contributed by atoms with Crippen LogP contribution >= 0.6 is 11.3 Å². The van der Waals surface area contributed by atoms with Gasteiger partial charge in [-0.15, -0.1) is 10.2 Å². The molecule has 1 aromatic carbocycles. The number of nitrogens with one attached hydrogen (secondary N) is 1. The number of amides is 1. The highest BCUT2D eigenvalue weighted by molar-refractivity contribution is 7.18. The number of aromatic hydroxyl groups is 1. The number of hydrogen-bond acceptors (Lipinski definition) is 7. The molecule has 2 heterocycles. The molecule has 7 nitrogen and oxygen atoms in total. The minimum atomic E-state index is -0.585. The fourth-order valence-corrected chi connectivity index (χ4v) is 2.58. The van der Waals surface area contributed by atoms with Crippen molar-refractivity contribution in [2.24, 2.45) is 0 Å². The summed E-state index contributed by atoms with van der Waals surface area (Å²) in [6.07, 6.45) is 0. The molecule has 0 saturated heterocycles. The Morgan fingerprint density at radius 1 is 1.33 bits per heavy atom. The van der Waals surface area contributed by atoms with Crippen molar-refractivity contribution in [2.75, 3.05) is 5.32 Å². The van der Waals surface area contributed by atoms with Crippen LogP contribution in [0.2, 0.25) is 0 Å². The van der Waals surface area contributed by atoms with Gasteiger partial charge in [0.25, 0.3) is 0 Å². The molecule has 21 heavy (non-hydrogen) atoms. The molecule has 3 rings (SSSR count). The summed E-state index contributed by atoms with van der Waals surface area (Å²) < 4.78 is 5.15. The van der Waals surface area contributed by atoms with Gasteiger partial charge in [0.2, 0.25) is 11.0 Å². The highest BCUT2D eigenvalue weighted by atomic mass is 32.1. The molecule has 0 aliphatic rings. The van der Waals surface area contributed by atoms with Gasteiger partial charge < -0.3 is 14.8 Å². The third kappa shape index (κ3) is 2.61. The van der Waals surface area contributed by atoms with Crippen molar-refractivity contribution >= 4 is 33.3 Å². The quantitative estimate of drug-likeness (QED) is 0.701. The molecule has 0 aliphatic heterocycles. The van der Waals surface area contributed by atoms with E-state index in [1.165, 1.54) is 19.1 Å². The van der Waals surface area contributed by atoms with Crippen LogP contribution in [0.15, 0.2) is 33.5 Å². The lowest BCUT2D eigenvalue weighted by Crippen LogP contribution is -2.04. The van der Waals surface area contributed by atoms with Crippen LogP contribution in [0, 0.1) is 0 Å². The van der Waals surface area contributed by atoms with E-state index in [4.69, 9.17) is 4.42 Å². The van der Waals surface area contributed by atoms with E-state index in [2.05, 4.69) is 15.5 Å². The number of anilines is 1. The number of benzene rings is 1. The van der Waals surface area contributed by atoms with Crippen molar-refractivity contribution in [3.8, 4) is 16.3 Å². The lowest BCUT2D eigenvalue weighted by atomic mass is 10.2. The standard InChI is InChI=1S/C13H9N3O4S/c1-6(17)14-13-16-15-11(21-13)9-4-7-2-3-8(18)5-10(7)20-12(9)19/h2-5,18H,1H3,(H,14,16,17). The summed E-state index contributed by atoms with van der Waals surface area (Å²) >= 11 is 1.08. The molecule has 106 valence electrons. The molecule has 0 spiro atoms. The number of hydrogen-bond donors (Lipinski definition) is 2. The molecule has 0 saturated carbocycles. The summed E-state index contributed by atoms with van der Waals surface area (Å²) in [4.78, 5) is 22.9. The van der Waals surface area contributed by atoms with Crippen LogP contribution in [0.1, 0.15) is 6.92 Å². The van der Waals surface area contributed by atoms with E-state index in [0.717, 1.165) is 11.3 Å². The molecule has 2 N–H and O–H groups in total. The van der Waals surface area contributed by atoms with Crippen LogP contribution < -0.4 is 10.9 Å². The molecule has 0 atom stereocenters. The Morgan fingerprint density at radius 3 is 2.90 bits per heavy atom. The zero-order chi connectivity index (χ0) is 15.0. The average molecular weight is 303 g/mol. The van der Waals surface area contributed by atoms with Gasteiger partial charge in [-0.1, -0.05) is 11.3 Å². The predicted octanol–water partition coefficient (Wildman–Crippen LogP) is 1.98. The summed E-state index contributed by atoms with van der Waals surface area (Å²) in [5.41, 5.74) is -0.0451. The van der Waals surface area contributed by atoms with Crippen molar-refractivity contribution in [3.05, 3.63) is 34.7 Å². The third-order valence-corrected chi connectivity index (χ3v) is 3.53. The molecule has 8 heteroatoms. The zero-order valence-corrected chi connectivity index (χ0v) is 11.6. The van der Waals surface area contributed by atoms with Crippen LogP contribution in [0.3, 0.4) is 0 Å². The Hall–Kier alpha value is -2.74.